The standard InChI is InChI=1S/C23H28FN3O3/c1-2-30-15-5-12-25-23(29)20-16-19(10-11-21(20)27-13-3-4-14-27)26-22(28)17-6-8-18(24)9-7-17/h6-11,16H,2-5,12-15H2,1H3,(H,25,29)(H,26,28). The number of hydrogen-bond acceptors (Lipinski definition) is 4. The Kier molecular flexibility index (Phi) is 7.79. The van der Waals surface area contributed by atoms with Crippen molar-refractivity contribution in [1.29, 1.82) is 0 Å². The van der Waals surface area contributed by atoms with Crippen LogP contribution in [0.15, 0.2) is 42.5 Å². The molecule has 0 aliphatic carbocycles. The van der Waals surface area contributed by atoms with Gasteiger partial charge in [0.25, 0.3) is 11.8 Å². The molecule has 1 saturated heterocycles. The molecule has 0 spiro atoms. The Bertz CT molecular complexity index is 864. The van der Waals surface area contributed by atoms with Crippen molar-refractivity contribution in [3.8, 4) is 0 Å². The van der Waals surface area contributed by atoms with Gasteiger partial charge in [0.15, 0.2) is 0 Å². The second kappa shape index (κ2) is 10.7. The monoisotopic (exact) mass is 413 g/mol. The van der Waals surface area contributed by atoms with Crippen LogP contribution in [0.1, 0.15) is 46.9 Å². The van der Waals surface area contributed by atoms with Gasteiger partial charge >= 0.3 is 0 Å². The molecule has 2 amide bonds. The van der Waals surface area contributed by atoms with E-state index in [1.165, 1.54) is 24.3 Å². The summed E-state index contributed by atoms with van der Waals surface area (Å²) in [6, 6.07) is 10.7. The van der Waals surface area contributed by atoms with Gasteiger partial charge in [0.1, 0.15) is 5.82 Å². The summed E-state index contributed by atoms with van der Waals surface area (Å²) in [6.07, 6.45) is 2.93. The topological polar surface area (TPSA) is 70.7 Å². The number of carbonyl (C=O) groups is 2. The van der Waals surface area contributed by atoms with Crippen LogP contribution in [0.3, 0.4) is 0 Å². The summed E-state index contributed by atoms with van der Waals surface area (Å²) in [7, 11) is 0. The fourth-order valence-corrected chi connectivity index (χ4v) is 3.45. The number of benzene rings is 2. The first-order valence-electron chi connectivity index (χ1n) is 10.4. The highest BCUT2D eigenvalue weighted by atomic mass is 19.1. The Balaban J connectivity index is 1.74. The number of nitrogens with zero attached hydrogens (tertiary/aromatic N) is 1. The lowest BCUT2D eigenvalue weighted by atomic mass is 10.1. The van der Waals surface area contributed by atoms with E-state index in [2.05, 4.69) is 15.5 Å². The van der Waals surface area contributed by atoms with Crippen LogP contribution in [0.4, 0.5) is 15.8 Å². The van der Waals surface area contributed by atoms with Crippen molar-refractivity contribution in [3.63, 3.8) is 0 Å². The molecule has 1 heterocycles. The fraction of sp³-hybridized carbons (Fsp3) is 0.391. The summed E-state index contributed by atoms with van der Waals surface area (Å²) in [6.45, 7) is 5.53. The largest absolute Gasteiger partial charge is 0.382 e. The number of amides is 2. The number of nitrogens with one attached hydrogen (secondary N) is 2. The summed E-state index contributed by atoms with van der Waals surface area (Å²) in [5.41, 5.74) is 2.27. The van der Waals surface area contributed by atoms with E-state index in [-0.39, 0.29) is 11.8 Å². The minimum atomic E-state index is -0.398. The molecule has 0 unspecified atom stereocenters. The first-order valence-corrected chi connectivity index (χ1v) is 10.4. The molecule has 6 nitrogen and oxygen atoms in total. The van der Waals surface area contributed by atoms with E-state index in [1.54, 1.807) is 12.1 Å². The lowest BCUT2D eigenvalue weighted by Gasteiger charge is -2.22. The zero-order chi connectivity index (χ0) is 21.3. The molecule has 3 rings (SSSR count). The third kappa shape index (κ3) is 5.79. The Morgan fingerprint density at radius 3 is 2.50 bits per heavy atom. The van der Waals surface area contributed by atoms with Crippen LogP contribution in [0.2, 0.25) is 0 Å². The first kappa shape index (κ1) is 21.8. The molecule has 2 aromatic rings. The van der Waals surface area contributed by atoms with Crippen LogP contribution in [0.5, 0.6) is 0 Å². The smallest absolute Gasteiger partial charge is 0.255 e. The van der Waals surface area contributed by atoms with Crippen molar-refractivity contribution >= 4 is 23.2 Å². The maximum Gasteiger partial charge on any atom is 0.255 e. The molecular formula is C23H28FN3O3. The third-order valence-electron chi connectivity index (χ3n) is 5.01. The Labute approximate surface area is 176 Å². The minimum Gasteiger partial charge on any atom is -0.382 e. The number of carbonyl (C=O) groups excluding carboxylic acids is 2. The maximum atomic E-state index is 13.1. The molecule has 0 bridgehead atoms. The molecule has 1 fully saturated rings. The predicted octanol–water partition coefficient (Wildman–Crippen LogP) is 3.83. The highest BCUT2D eigenvalue weighted by Crippen LogP contribution is 2.28. The van der Waals surface area contributed by atoms with Gasteiger partial charge in [-0.05, 0) is 68.7 Å². The summed E-state index contributed by atoms with van der Waals surface area (Å²) in [4.78, 5) is 27.5. The molecule has 30 heavy (non-hydrogen) atoms. The number of hydrogen-bond donors (Lipinski definition) is 2. The van der Waals surface area contributed by atoms with Crippen LogP contribution < -0.4 is 15.5 Å². The zero-order valence-electron chi connectivity index (χ0n) is 17.2. The summed E-state index contributed by atoms with van der Waals surface area (Å²) >= 11 is 0. The van der Waals surface area contributed by atoms with Gasteiger partial charge in [-0.1, -0.05) is 0 Å². The van der Waals surface area contributed by atoms with Crippen LogP contribution in [0, 0.1) is 5.82 Å². The molecule has 2 N–H and O–H groups in total. The summed E-state index contributed by atoms with van der Waals surface area (Å²) in [5.74, 6) is -0.928. The van der Waals surface area contributed by atoms with Crippen molar-refractivity contribution in [2.45, 2.75) is 26.2 Å². The van der Waals surface area contributed by atoms with Gasteiger partial charge in [-0.15, -0.1) is 0 Å². The lowest BCUT2D eigenvalue weighted by molar-refractivity contribution is 0.0943. The van der Waals surface area contributed by atoms with Crippen LogP contribution in [0.25, 0.3) is 0 Å². The van der Waals surface area contributed by atoms with Crippen molar-refractivity contribution in [2.24, 2.45) is 0 Å². The molecule has 0 radical (unpaired) electrons. The van der Waals surface area contributed by atoms with Gasteiger partial charge in [0.05, 0.1) is 5.56 Å². The Morgan fingerprint density at radius 2 is 1.80 bits per heavy atom. The molecule has 7 heteroatoms. The highest BCUT2D eigenvalue weighted by Gasteiger charge is 2.20. The summed E-state index contributed by atoms with van der Waals surface area (Å²) < 4.78 is 18.4. The highest BCUT2D eigenvalue weighted by molar-refractivity contribution is 6.06. The van der Waals surface area contributed by atoms with Crippen LogP contribution in [-0.4, -0.2) is 44.7 Å². The molecular weight excluding hydrogens is 385 g/mol. The van der Waals surface area contributed by atoms with E-state index in [9.17, 15) is 14.0 Å². The molecule has 0 atom stereocenters. The van der Waals surface area contributed by atoms with E-state index in [1.807, 2.05) is 13.0 Å². The van der Waals surface area contributed by atoms with Gasteiger partial charge in [-0.25, -0.2) is 4.39 Å². The zero-order valence-corrected chi connectivity index (χ0v) is 17.2. The van der Waals surface area contributed by atoms with E-state index in [0.29, 0.717) is 36.6 Å². The average molecular weight is 413 g/mol. The van der Waals surface area contributed by atoms with Crippen molar-refractivity contribution in [1.82, 2.24) is 5.32 Å². The SMILES string of the molecule is CCOCCCNC(=O)c1cc(NC(=O)c2ccc(F)cc2)ccc1N1CCCC1. The van der Waals surface area contributed by atoms with Gasteiger partial charge in [-0.2, -0.15) is 0 Å². The average Bonchev–Trinajstić information content (AvgIpc) is 3.28. The maximum absolute atomic E-state index is 13.1. The van der Waals surface area contributed by atoms with Gasteiger partial charge in [0.2, 0.25) is 0 Å². The van der Waals surface area contributed by atoms with E-state index < -0.39 is 5.82 Å². The molecule has 1 aliphatic heterocycles. The van der Waals surface area contributed by atoms with Crippen LogP contribution >= 0.6 is 0 Å². The van der Waals surface area contributed by atoms with Crippen molar-refractivity contribution in [3.05, 3.63) is 59.4 Å². The van der Waals surface area contributed by atoms with Gasteiger partial charge in [0, 0.05) is 49.8 Å². The van der Waals surface area contributed by atoms with Gasteiger partial charge in [-0.3, -0.25) is 9.59 Å². The Hall–Kier alpha value is -2.93. The Morgan fingerprint density at radius 1 is 1.07 bits per heavy atom. The van der Waals surface area contributed by atoms with Crippen LogP contribution in [-0.2, 0) is 4.74 Å². The van der Waals surface area contributed by atoms with Crippen molar-refractivity contribution in [2.75, 3.05) is 43.1 Å². The molecule has 1 aliphatic rings. The van der Waals surface area contributed by atoms with Gasteiger partial charge < -0.3 is 20.3 Å². The van der Waals surface area contributed by atoms with E-state index in [4.69, 9.17) is 4.74 Å². The van der Waals surface area contributed by atoms with E-state index >= 15 is 0 Å². The number of ether oxygens (including phenoxy) is 1. The molecule has 160 valence electrons. The second-order valence-electron chi connectivity index (χ2n) is 7.19. The van der Waals surface area contributed by atoms with Crippen molar-refractivity contribution < 1.29 is 18.7 Å². The molecule has 0 aromatic heterocycles. The number of anilines is 2. The second-order valence-corrected chi connectivity index (χ2v) is 7.19. The fourth-order valence-electron chi connectivity index (χ4n) is 3.45. The molecule has 0 saturated carbocycles. The predicted molar refractivity (Wildman–Crippen MR) is 116 cm³/mol. The first-order chi connectivity index (χ1) is 14.6. The summed E-state index contributed by atoms with van der Waals surface area (Å²) in [5, 5.41) is 5.74. The molecule has 2 aromatic carbocycles. The number of rotatable bonds is 9. The minimum absolute atomic E-state index is 0.175. The quantitative estimate of drug-likeness (QED) is 0.613. The third-order valence-corrected chi connectivity index (χ3v) is 5.01. The normalized spacial score (nSPS) is 13.3. The lowest BCUT2D eigenvalue weighted by Crippen LogP contribution is -2.29. The number of halogens is 1. The van der Waals surface area contributed by atoms with E-state index in [0.717, 1.165) is 38.0 Å².